The smallest absolute Gasteiger partial charge is 0.243 e. The fraction of sp³-hybridized carbons (Fsp3) is 0.250. The first-order valence-electron chi connectivity index (χ1n) is 7.44. The van der Waals surface area contributed by atoms with Gasteiger partial charge in [-0.2, -0.15) is 4.31 Å². The zero-order chi connectivity index (χ0) is 16.7. The van der Waals surface area contributed by atoms with Gasteiger partial charge in [-0.15, -0.1) is 0 Å². The van der Waals surface area contributed by atoms with Gasteiger partial charge in [-0.25, -0.2) is 12.8 Å². The molecule has 0 amide bonds. The molecule has 6 nitrogen and oxygen atoms in total. The molecule has 126 valence electrons. The Hall–Kier alpha value is -2.32. The fourth-order valence-electron chi connectivity index (χ4n) is 2.73. The molecular weight excluding hydrogens is 335 g/mol. The van der Waals surface area contributed by atoms with Gasteiger partial charge in [0.2, 0.25) is 16.8 Å². The summed E-state index contributed by atoms with van der Waals surface area (Å²) in [6.07, 6.45) is 0. The average Bonchev–Trinajstić information content (AvgIpc) is 2.98. The first-order valence-corrected chi connectivity index (χ1v) is 8.88. The van der Waals surface area contributed by atoms with E-state index in [4.69, 9.17) is 9.47 Å². The molecule has 2 aliphatic heterocycles. The van der Waals surface area contributed by atoms with E-state index < -0.39 is 10.0 Å². The summed E-state index contributed by atoms with van der Waals surface area (Å²) in [6, 6.07) is 10.6. The van der Waals surface area contributed by atoms with Gasteiger partial charge in [0, 0.05) is 24.8 Å². The molecule has 0 atom stereocenters. The molecule has 0 unspecified atom stereocenters. The van der Waals surface area contributed by atoms with Crippen LogP contribution in [0, 0.1) is 5.82 Å². The first kappa shape index (κ1) is 15.2. The van der Waals surface area contributed by atoms with E-state index in [1.54, 1.807) is 18.2 Å². The molecule has 2 aliphatic rings. The summed E-state index contributed by atoms with van der Waals surface area (Å²) in [5, 5.41) is 3.12. The van der Waals surface area contributed by atoms with Crippen molar-refractivity contribution in [1.82, 2.24) is 4.31 Å². The van der Waals surface area contributed by atoms with Crippen LogP contribution in [0.1, 0.15) is 0 Å². The number of anilines is 1. The molecule has 0 spiro atoms. The van der Waals surface area contributed by atoms with Gasteiger partial charge in [-0.05, 0) is 30.3 Å². The number of nitrogens with one attached hydrogen (secondary N) is 1. The van der Waals surface area contributed by atoms with Crippen LogP contribution in [0.25, 0.3) is 0 Å². The molecular formula is C16H15FN2O4S. The van der Waals surface area contributed by atoms with E-state index in [9.17, 15) is 12.8 Å². The van der Waals surface area contributed by atoms with E-state index in [-0.39, 0.29) is 23.5 Å². The standard InChI is InChI=1S/C16H15FN2O4S/c17-11-2-1-3-12(6-11)18-13-8-19(9-13)24(20,21)14-4-5-15-16(7-14)23-10-22-15/h1-7,13,18H,8-10H2. The summed E-state index contributed by atoms with van der Waals surface area (Å²) in [5.74, 6) is 0.651. The molecule has 2 aromatic carbocycles. The highest BCUT2D eigenvalue weighted by Crippen LogP contribution is 2.35. The Kier molecular flexibility index (Phi) is 3.58. The third-order valence-corrected chi connectivity index (χ3v) is 5.85. The van der Waals surface area contributed by atoms with Crippen LogP contribution < -0.4 is 14.8 Å². The Morgan fingerprint density at radius 3 is 2.67 bits per heavy atom. The van der Waals surface area contributed by atoms with Crippen molar-refractivity contribution in [3.8, 4) is 11.5 Å². The van der Waals surface area contributed by atoms with Crippen LogP contribution in [0.4, 0.5) is 10.1 Å². The first-order chi connectivity index (χ1) is 11.5. The van der Waals surface area contributed by atoms with E-state index >= 15 is 0 Å². The van der Waals surface area contributed by atoms with Gasteiger partial charge < -0.3 is 14.8 Å². The molecule has 0 aliphatic carbocycles. The second-order valence-corrected chi connectivity index (χ2v) is 7.63. The molecule has 4 rings (SSSR count). The summed E-state index contributed by atoms with van der Waals surface area (Å²) in [5.41, 5.74) is 0.639. The number of nitrogens with zero attached hydrogens (tertiary/aromatic N) is 1. The lowest BCUT2D eigenvalue weighted by atomic mass is 10.1. The van der Waals surface area contributed by atoms with Gasteiger partial charge in [0.25, 0.3) is 0 Å². The van der Waals surface area contributed by atoms with Crippen molar-refractivity contribution in [1.29, 1.82) is 0 Å². The predicted octanol–water partition coefficient (Wildman–Crippen LogP) is 2.04. The molecule has 0 aromatic heterocycles. The molecule has 2 aromatic rings. The van der Waals surface area contributed by atoms with Crippen molar-refractivity contribution in [2.24, 2.45) is 0 Å². The number of rotatable bonds is 4. The summed E-state index contributed by atoms with van der Waals surface area (Å²) in [7, 11) is -3.57. The number of hydrogen-bond donors (Lipinski definition) is 1. The molecule has 0 saturated carbocycles. The largest absolute Gasteiger partial charge is 0.454 e. The lowest BCUT2D eigenvalue weighted by molar-refractivity contribution is 0.174. The van der Waals surface area contributed by atoms with Crippen molar-refractivity contribution in [3.63, 3.8) is 0 Å². The summed E-state index contributed by atoms with van der Waals surface area (Å²) in [4.78, 5) is 0.177. The highest BCUT2D eigenvalue weighted by atomic mass is 32.2. The van der Waals surface area contributed by atoms with E-state index in [2.05, 4.69) is 5.32 Å². The van der Waals surface area contributed by atoms with Gasteiger partial charge in [0.1, 0.15) is 5.82 Å². The van der Waals surface area contributed by atoms with E-state index in [0.717, 1.165) is 0 Å². The quantitative estimate of drug-likeness (QED) is 0.914. The molecule has 1 saturated heterocycles. The minimum Gasteiger partial charge on any atom is -0.454 e. The summed E-state index contributed by atoms with van der Waals surface area (Å²) < 4.78 is 50.2. The number of sulfonamides is 1. The highest BCUT2D eigenvalue weighted by Gasteiger charge is 2.37. The highest BCUT2D eigenvalue weighted by molar-refractivity contribution is 7.89. The van der Waals surface area contributed by atoms with E-state index in [0.29, 0.717) is 30.3 Å². The molecule has 8 heteroatoms. The molecule has 1 N–H and O–H groups in total. The molecule has 0 bridgehead atoms. The minimum atomic E-state index is -3.57. The van der Waals surface area contributed by atoms with Gasteiger partial charge in [0.15, 0.2) is 11.5 Å². The number of ether oxygens (including phenoxy) is 2. The van der Waals surface area contributed by atoms with Crippen molar-refractivity contribution in [2.75, 3.05) is 25.2 Å². The zero-order valence-corrected chi connectivity index (χ0v) is 13.4. The summed E-state index contributed by atoms with van der Waals surface area (Å²) >= 11 is 0. The van der Waals surface area contributed by atoms with Crippen LogP contribution >= 0.6 is 0 Å². The van der Waals surface area contributed by atoms with Gasteiger partial charge in [0.05, 0.1) is 10.9 Å². The number of fused-ring (bicyclic) bond motifs is 1. The Labute approximate surface area is 138 Å². The van der Waals surface area contributed by atoms with Crippen LogP contribution in [-0.2, 0) is 10.0 Å². The average molecular weight is 350 g/mol. The van der Waals surface area contributed by atoms with Crippen molar-refractivity contribution >= 4 is 15.7 Å². The van der Waals surface area contributed by atoms with Crippen LogP contribution in [0.2, 0.25) is 0 Å². The maximum absolute atomic E-state index is 13.2. The lowest BCUT2D eigenvalue weighted by Crippen LogP contribution is -2.56. The Morgan fingerprint density at radius 2 is 1.88 bits per heavy atom. The van der Waals surface area contributed by atoms with Gasteiger partial charge in [-0.3, -0.25) is 0 Å². The van der Waals surface area contributed by atoms with Crippen molar-refractivity contribution in [3.05, 3.63) is 48.3 Å². The third-order valence-electron chi connectivity index (χ3n) is 4.03. The minimum absolute atomic E-state index is 0.0458. The zero-order valence-electron chi connectivity index (χ0n) is 12.6. The second-order valence-electron chi connectivity index (χ2n) is 5.69. The number of halogens is 1. The van der Waals surface area contributed by atoms with Crippen LogP contribution in [0.15, 0.2) is 47.4 Å². The third kappa shape index (κ3) is 2.67. The lowest BCUT2D eigenvalue weighted by Gasteiger charge is -2.38. The SMILES string of the molecule is O=S(=O)(c1ccc2c(c1)OCO2)N1CC(Nc2cccc(F)c2)C1. The maximum atomic E-state index is 13.2. The Morgan fingerprint density at radius 1 is 1.08 bits per heavy atom. The molecule has 1 fully saturated rings. The maximum Gasteiger partial charge on any atom is 0.243 e. The molecule has 2 heterocycles. The Bertz CT molecular complexity index is 881. The number of benzene rings is 2. The summed E-state index contributed by atoms with van der Waals surface area (Å²) in [6.45, 7) is 0.753. The van der Waals surface area contributed by atoms with Gasteiger partial charge >= 0.3 is 0 Å². The molecule has 0 radical (unpaired) electrons. The predicted molar refractivity (Wildman–Crippen MR) is 85.1 cm³/mol. The van der Waals surface area contributed by atoms with Gasteiger partial charge in [-0.1, -0.05) is 6.07 Å². The van der Waals surface area contributed by atoms with Crippen molar-refractivity contribution in [2.45, 2.75) is 10.9 Å². The fourth-order valence-corrected chi connectivity index (χ4v) is 4.27. The molecule has 24 heavy (non-hydrogen) atoms. The Balaban J connectivity index is 1.44. The van der Waals surface area contributed by atoms with E-state index in [1.807, 2.05) is 0 Å². The van der Waals surface area contributed by atoms with Crippen molar-refractivity contribution < 1.29 is 22.3 Å². The second kappa shape index (κ2) is 5.64. The topological polar surface area (TPSA) is 67.9 Å². The van der Waals surface area contributed by atoms with E-state index in [1.165, 1.54) is 28.6 Å². The van der Waals surface area contributed by atoms with Crippen LogP contribution in [-0.4, -0.2) is 38.6 Å². The normalized spacial score (nSPS) is 17.5. The monoisotopic (exact) mass is 350 g/mol. The van der Waals surface area contributed by atoms with Crippen LogP contribution in [0.5, 0.6) is 11.5 Å². The number of hydrogen-bond acceptors (Lipinski definition) is 5. The van der Waals surface area contributed by atoms with Crippen LogP contribution in [0.3, 0.4) is 0 Å².